The first-order chi connectivity index (χ1) is 7.06. The van der Waals surface area contributed by atoms with Crippen LogP contribution >= 0.6 is 11.8 Å². The first-order valence-electron chi connectivity index (χ1n) is 5.32. The Bertz CT molecular complexity index is 236. The summed E-state index contributed by atoms with van der Waals surface area (Å²) in [6.07, 6.45) is 0. The molecule has 0 amide bonds. The van der Waals surface area contributed by atoms with Crippen molar-refractivity contribution < 1.29 is 14.6 Å². The number of ether oxygens (including phenoxy) is 1. The van der Waals surface area contributed by atoms with Crippen LogP contribution in [0.25, 0.3) is 0 Å². The average molecular weight is 249 g/mol. The molecule has 0 rings (SSSR count). The summed E-state index contributed by atoms with van der Waals surface area (Å²) in [5.74, 6) is -0.222. The quantitative estimate of drug-likeness (QED) is 0.701. The fourth-order valence-electron chi connectivity index (χ4n) is 1.04. The van der Waals surface area contributed by atoms with Crippen molar-refractivity contribution in [1.82, 2.24) is 0 Å². The monoisotopic (exact) mass is 249 g/mol. The lowest BCUT2D eigenvalue weighted by molar-refractivity contribution is -0.139. The molecule has 0 aromatic carbocycles. The average Bonchev–Trinajstić information content (AvgIpc) is 2.09. The first-order valence-corrected chi connectivity index (χ1v) is 6.31. The van der Waals surface area contributed by atoms with Crippen molar-refractivity contribution in [1.29, 1.82) is 0 Å². The summed E-state index contributed by atoms with van der Waals surface area (Å²) in [4.78, 5) is 10.8. The van der Waals surface area contributed by atoms with E-state index in [1.165, 1.54) is 11.8 Å². The van der Waals surface area contributed by atoms with Crippen LogP contribution in [0.1, 0.15) is 34.6 Å². The zero-order valence-corrected chi connectivity index (χ0v) is 11.6. The Balaban J connectivity index is 3.96. The topological polar surface area (TPSA) is 72.5 Å². The number of nitrogens with two attached hydrogens (primary N) is 1. The SMILES string of the molecule is CC(C)(C)OCCSC(C)(C)[C@H](N)C(=O)O. The van der Waals surface area contributed by atoms with E-state index in [1.54, 1.807) is 0 Å². The maximum absolute atomic E-state index is 10.8. The summed E-state index contributed by atoms with van der Waals surface area (Å²) >= 11 is 1.52. The summed E-state index contributed by atoms with van der Waals surface area (Å²) in [7, 11) is 0. The van der Waals surface area contributed by atoms with Crippen LogP contribution in [0.2, 0.25) is 0 Å². The van der Waals surface area contributed by atoms with Gasteiger partial charge in [0.25, 0.3) is 0 Å². The largest absolute Gasteiger partial charge is 0.480 e. The van der Waals surface area contributed by atoms with E-state index in [4.69, 9.17) is 15.6 Å². The highest BCUT2D eigenvalue weighted by molar-refractivity contribution is 8.00. The molecule has 0 aliphatic heterocycles. The Morgan fingerprint density at radius 2 is 1.88 bits per heavy atom. The Labute approximate surface area is 102 Å². The lowest BCUT2D eigenvalue weighted by Crippen LogP contribution is -2.47. The van der Waals surface area contributed by atoms with Crippen LogP contribution in [-0.2, 0) is 9.53 Å². The van der Waals surface area contributed by atoms with E-state index in [2.05, 4.69) is 0 Å². The van der Waals surface area contributed by atoms with Gasteiger partial charge in [0.1, 0.15) is 6.04 Å². The lowest BCUT2D eigenvalue weighted by Gasteiger charge is -2.28. The van der Waals surface area contributed by atoms with E-state index >= 15 is 0 Å². The first kappa shape index (κ1) is 15.7. The second-order valence-electron chi connectivity index (χ2n) is 5.23. The number of hydrogen-bond acceptors (Lipinski definition) is 4. The van der Waals surface area contributed by atoms with Crippen LogP contribution in [0.15, 0.2) is 0 Å². The Morgan fingerprint density at radius 1 is 1.38 bits per heavy atom. The third kappa shape index (κ3) is 6.35. The summed E-state index contributed by atoms with van der Waals surface area (Å²) in [6.45, 7) is 10.3. The number of thioether (sulfide) groups is 1. The van der Waals surface area contributed by atoms with Gasteiger partial charge in [0.2, 0.25) is 0 Å². The zero-order chi connectivity index (χ0) is 13.0. The minimum absolute atomic E-state index is 0.153. The van der Waals surface area contributed by atoms with Gasteiger partial charge in [-0.3, -0.25) is 4.79 Å². The fraction of sp³-hybridized carbons (Fsp3) is 0.909. The minimum atomic E-state index is -0.964. The summed E-state index contributed by atoms with van der Waals surface area (Å²) in [6, 6.07) is -0.855. The van der Waals surface area contributed by atoms with Crippen LogP contribution in [0.5, 0.6) is 0 Å². The molecule has 0 spiro atoms. The molecule has 0 unspecified atom stereocenters. The van der Waals surface area contributed by atoms with Crippen molar-refractivity contribution in [3.8, 4) is 0 Å². The molecule has 1 atom stereocenters. The Morgan fingerprint density at radius 3 is 2.25 bits per heavy atom. The van der Waals surface area contributed by atoms with E-state index in [-0.39, 0.29) is 5.60 Å². The molecule has 16 heavy (non-hydrogen) atoms. The smallest absolute Gasteiger partial charge is 0.321 e. The summed E-state index contributed by atoms with van der Waals surface area (Å²) in [5, 5.41) is 8.83. The number of carbonyl (C=O) groups is 1. The number of aliphatic carboxylic acids is 1. The number of hydrogen-bond donors (Lipinski definition) is 2. The van der Waals surface area contributed by atoms with Crippen LogP contribution in [0.4, 0.5) is 0 Å². The van der Waals surface area contributed by atoms with Gasteiger partial charge in [-0.05, 0) is 34.6 Å². The van der Waals surface area contributed by atoms with Crippen molar-refractivity contribution >= 4 is 17.7 Å². The Kier molecular flexibility index (Phi) is 5.79. The number of carboxylic acid groups (broad SMARTS) is 1. The van der Waals surface area contributed by atoms with Gasteiger partial charge in [-0.15, -0.1) is 0 Å². The molecule has 0 aliphatic rings. The van der Waals surface area contributed by atoms with Crippen molar-refractivity contribution in [3.63, 3.8) is 0 Å². The van der Waals surface area contributed by atoms with E-state index in [9.17, 15) is 4.79 Å². The molecule has 96 valence electrons. The standard InChI is InChI=1S/C11H23NO3S/c1-10(2,3)15-6-7-16-11(4,5)8(12)9(13)14/h8H,6-7,12H2,1-5H3,(H,13,14)/t8-/m1/s1. The number of rotatable bonds is 6. The number of carboxylic acids is 1. The molecule has 3 N–H and O–H groups in total. The van der Waals surface area contributed by atoms with Gasteiger partial charge in [-0.2, -0.15) is 11.8 Å². The molecule has 0 aliphatic carbocycles. The highest BCUT2D eigenvalue weighted by Crippen LogP contribution is 2.27. The zero-order valence-electron chi connectivity index (χ0n) is 10.7. The maximum atomic E-state index is 10.8. The summed E-state index contributed by atoms with van der Waals surface area (Å²) in [5.41, 5.74) is 5.45. The van der Waals surface area contributed by atoms with Crippen molar-refractivity contribution in [2.24, 2.45) is 5.73 Å². The highest BCUT2D eigenvalue weighted by atomic mass is 32.2. The normalized spacial score (nSPS) is 14.9. The third-order valence-electron chi connectivity index (χ3n) is 2.11. The molecule has 0 heterocycles. The van der Waals surface area contributed by atoms with Gasteiger partial charge in [0.15, 0.2) is 0 Å². The van der Waals surface area contributed by atoms with Gasteiger partial charge >= 0.3 is 5.97 Å². The molecule has 0 aromatic heterocycles. The predicted molar refractivity (Wildman–Crippen MR) is 67.9 cm³/mol. The van der Waals surface area contributed by atoms with Crippen molar-refractivity contribution in [2.45, 2.75) is 51.0 Å². The molecular weight excluding hydrogens is 226 g/mol. The summed E-state index contributed by atoms with van der Waals surface area (Å²) < 4.78 is 5.08. The van der Waals surface area contributed by atoms with Gasteiger partial charge < -0.3 is 15.6 Å². The third-order valence-corrected chi connectivity index (χ3v) is 3.48. The van der Waals surface area contributed by atoms with Gasteiger partial charge in [0.05, 0.1) is 12.2 Å². The Hall–Kier alpha value is -0.260. The second-order valence-corrected chi connectivity index (χ2v) is 6.98. The second kappa shape index (κ2) is 5.89. The molecule has 0 aromatic rings. The van der Waals surface area contributed by atoms with E-state index in [0.717, 1.165) is 5.75 Å². The van der Waals surface area contributed by atoms with E-state index in [1.807, 2.05) is 34.6 Å². The van der Waals surface area contributed by atoms with Crippen LogP contribution in [-0.4, -0.2) is 39.8 Å². The van der Waals surface area contributed by atoms with Gasteiger partial charge in [-0.1, -0.05) is 0 Å². The molecule has 0 saturated heterocycles. The maximum Gasteiger partial charge on any atom is 0.321 e. The lowest BCUT2D eigenvalue weighted by atomic mass is 10.1. The molecular formula is C11H23NO3S. The van der Waals surface area contributed by atoms with Crippen molar-refractivity contribution in [2.75, 3.05) is 12.4 Å². The molecule has 0 radical (unpaired) electrons. The fourth-order valence-corrected chi connectivity index (χ4v) is 2.01. The minimum Gasteiger partial charge on any atom is -0.480 e. The van der Waals surface area contributed by atoms with Gasteiger partial charge in [0, 0.05) is 10.5 Å². The highest BCUT2D eigenvalue weighted by Gasteiger charge is 2.32. The van der Waals surface area contributed by atoms with Crippen molar-refractivity contribution in [3.05, 3.63) is 0 Å². The molecule has 0 fully saturated rings. The van der Waals surface area contributed by atoms with E-state index < -0.39 is 16.8 Å². The van der Waals surface area contributed by atoms with Crippen LogP contribution < -0.4 is 5.73 Å². The van der Waals surface area contributed by atoms with Gasteiger partial charge in [-0.25, -0.2) is 0 Å². The van der Waals surface area contributed by atoms with E-state index in [0.29, 0.717) is 6.61 Å². The molecule has 4 nitrogen and oxygen atoms in total. The molecule has 5 heteroatoms. The molecule has 0 saturated carbocycles. The van der Waals surface area contributed by atoms with Crippen LogP contribution in [0, 0.1) is 0 Å². The van der Waals surface area contributed by atoms with Crippen LogP contribution in [0.3, 0.4) is 0 Å². The molecule has 0 bridgehead atoms. The predicted octanol–water partition coefficient (Wildman–Crippen LogP) is 1.73.